The fraction of sp³-hybridized carbons (Fsp3) is 0.0714. The Hall–Kier alpha value is -2.67. The highest BCUT2D eigenvalue weighted by Gasteiger charge is 2.07. The first kappa shape index (κ1) is 13.3. The average molecular weight is 299 g/mol. The Morgan fingerprint density at radius 1 is 1.38 bits per heavy atom. The van der Waals surface area contributed by atoms with Gasteiger partial charge in [0.1, 0.15) is 12.7 Å². The molecule has 0 unspecified atom stereocenters. The van der Waals surface area contributed by atoms with Gasteiger partial charge in [-0.3, -0.25) is 4.79 Å². The highest BCUT2D eigenvalue weighted by Crippen LogP contribution is 2.21. The van der Waals surface area contributed by atoms with E-state index in [1.807, 2.05) is 24.3 Å². The van der Waals surface area contributed by atoms with E-state index in [2.05, 4.69) is 15.4 Å². The Morgan fingerprint density at radius 2 is 2.24 bits per heavy atom. The third kappa shape index (κ3) is 2.92. The molecule has 2 heterocycles. The number of nitrogens with one attached hydrogen (secondary N) is 1. The monoisotopic (exact) mass is 299 g/mol. The maximum atomic E-state index is 11.1. The molecule has 0 spiro atoms. The van der Waals surface area contributed by atoms with E-state index < -0.39 is 5.91 Å². The number of rotatable bonds is 5. The average Bonchev–Trinajstić information content (AvgIpc) is 3.17. The molecule has 7 heteroatoms. The van der Waals surface area contributed by atoms with Crippen molar-refractivity contribution in [2.24, 2.45) is 5.73 Å². The van der Waals surface area contributed by atoms with Gasteiger partial charge >= 0.3 is 0 Å². The Labute approximate surface area is 125 Å². The molecule has 2 aromatic heterocycles. The van der Waals surface area contributed by atoms with Gasteiger partial charge in [0.2, 0.25) is 5.91 Å². The number of nitrogens with zero attached hydrogens (tertiary/aromatic N) is 3. The number of hydrogen-bond donors (Lipinski definition) is 2. The van der Waals surface area contributed by atoms with Crippen LogP contribution in [0.2, 0.25) is 0 Å². The van der Waals surface area contributed by atoms with Crippen molar-refractivity contribution < 1.29 is 4.79 Å². The Bertz CT molecular complexity index is 750. The van der Waals surface area contributed by atoms with Crippen LogP contribution >= 0.6 is 11.3 Å². The summed E-state index contributed by atoms with van der Waals surface area (Å²) in [5.41, 5.74) is 7.65. The van der Waals surface area contributed by atoms with Gasteiger partial charge in [0.15, 0.2) is 0 Å². The van der Waals surface area contributed by atoms with Gasteiger partial charge in [-0.05, 0) is 18.2 Å². The van der Waals surface area contributed by atoms with E-state index in [1.165, 1.54) is 17.7 Å². The van der Waals surface area contributed by atoms with E-state index in [0.717, 1.165) is 16.3 Å². The summed E-state index contributed by atoms with van der Waals surface area (Å²) in [6.07, 6.45) is 3.14. The number of aromatic nitrogens is 3. The molecule has 0 saturated carbocycles. The zero-order valence-corrected chi connectivity index (χ0v) is 11.9. The van der Waals surface area contributed by atoms with E-state index in [4.69, 9.17) is 5.73 Å². The fourth-order valence-corrected chi connectivity index (χ4v) is 2.75. The lowest BCUT2D eigenvalue weighted by Crippen LogP contribution is -2.09. The summed E-state index contributed by atoms with van der Waals surface area (Å²) in [6.45, 7) is 0.615. The van der Waals surface area contributed by atoms with Crippen molar-refractivity contribution in [1.82, 2.24) is 14.8 Å². The summed E-state index contributed by atoms with van der Waals surface area (Å²) in [6, 6.07) is 9.63. The van der Waals surface area contributed by atoms with Gasteiger partial charge in [-0.15, -0.1) is 11.3 Å². The molecule has 0 aliphatic heterocycles. The minimum absolute atomic E-state index is 0.402. The smallest absolute Gasteiger partial charge is 0.249 e. The third-order valence-electron chi connectivity index (χ3n) is 2.96. The van der Waals surface area contributed by atoms with Crippen LogP contribution in [-0.4, -0.2) is 20.7 Å². The van der Waals surface area contributed by atoms with Crippen LogP contribution in [0.15, 0.2) is 48.4 Å². The van der Waals surface area contributed by atoms with Crippen LogP contribution in [0.3, 0.4) is 0 Å². The molecular weight excluding hydrogens is 286 g/mol. The Balaban J connectivity index is 1.77. The lowest BCUT2D eigenvalue weighted by molar-refractivity contribution is 0.100. The second kappa shape index (κ2) is 5.76. The summed E-state index contributed by atoms with van der Waals surface area (Å²) >= 11 is 1.50. The van der Waals surface area contributed by atoms with Crippen molar-refractivity contribution in [1.29, 1.82) is 0 Å². The fourth-order valence-electron chi connectivity index (χ4n) is 1.94. The molecule has 0 aliphatic rings. The molecular formula is C14H13N5OS. The third-order valence-corrected chi connectivity index (χ3v) is 3.90. The van der Waals surface area contributed by atoms with Gasteiger partial charge in [-0.25, -0.2) is 9.67 Å². The Kier molecular flexibility index (Phi) is 3.65. The summed E-state index contributed by atoms with van der Waals surface area (Å²) in [7, 11) is 0. The summed E-state index contributed by atoms with van der Waals surface area (Å²) in [5.74, 6) is -0.402. The van der Waals surface area contributed by atoms with Gasteiger partial charge in [0, 0.05) is 16.8 Å². The minimum atomic E-state index is -0.402. The van der Waals surface area contributed by atoms with E-state index in [1.54, 1.807) is 22.5 Å². The highest BCUT2D eigenvalue weighted by molar-refractivity contribution is 7.10. The number of nitrogens with two attached hydrogens (primary N) is 1. The van der Waals surface area contributed by atoms with Crippen LogP contribution in [-0.2, 0) is 6.54 Å². The van der Waals surface area contributed by atoms with Crippen molar-refractivity contribution in [2.45, 2.75) is 6.54 Å². The quantitative estimate of drug-likeness (QED) is 0.755. The number of primary amides is 1. The van der Waals surface area contributed by atoms with Gasteiger partial charge in [-0.2, -0.15) is 5.10 Å². The lowest BCUT2D eigenvalue weighted by atomic mass is 10.2. The van der Waals surface area contributed by atoms with E-state index in [0.29, 0.717) is 12.1 Å². The molecule has 0 radical (unpaired) electrons. The Morgan fingerprint density at radius 3 is 2.95 bits per heavy atom. The first-order valence-corrected chi connectivity index (χ1v) is 7.17. The van der Waals surface area contributed by atoms with Gasteiger partial charge < -0.3 is 11.1 Å². The number of para-hydroxylation sites is 2. The largest absolute Gasteiger partial charge is 0.378 e. The lowest BCUT2D eigenvalue weighted by Gasteiger charge is -2.10. The van der Waals surface area contributed by atoms with E-state index in [9.17, 15) is 4.79 Å². The SMILES string of the molecule is NC(=O)c1csc(CNc2ccccc2-n2cncn2)c1. The normalized spacial score (nSPS) is 10.5. The summed E-state index contributed by atoms with van der Waals surface area (Å²) < 4.78 is 1.70. The number of carbonyl (C=O) groups is 1. The molecule has 0 bridgehead atoms. The number of hydrogen-bond acceptors (Lipinski definition) is 5. The molecule has 3 N–H and O–H groups in total. The molecule has 21 heavy (non-hydrogen) atoms. The van der Waals surface area contributed by atoms with Gasteiger partial charge in [0.05, 0.1) is 16.9 Å². The standard InChI is InChI=1S/C14H13N5OS/c15-14(20)10-5-11(21-7-10)6-17-12-3-1-2-4-13(12)19-9-16-8-18-19/h1-5,7-9,17H,6H2,(H2,15,20). The second-order valence-electron chi connectivity index (χ2n) is 4.38. The number of carbonyl (C=O) groups excluding carboxylic acids is 1. The number of amides is 1. The second-order valence-corrected chi connectivity index (χ2v) is 5.37. The van der Waals surface area contributed by atoms with Crippen molar-refractivity contribution >= 4 is 22.9 Å². The minimum Gasteiger partial charge on any atom is -0.378 e. The van der Waals surface area contributed by atoms with Gasteiger partial charge in [-0.1, -0.05) is 12.1 Å². The molecule has 106 valence electrons. The molecule has 0 atom stereocenters. The number of benzene rings is 1. The van der Waals surface area contributed by atoms with Crippen molar-refractivity contribution in [3.63, 3.8) is 0 Å². The summed E-state index contributed by atoms with van der Waals surface area (Å²) in [5, 5.41) is 9.24. The molecule has 1 amide bonds. The van der Waals surface area contributed by atoms with E-state index in [-0.39, 0.29) is 0 Å². The zero-order valence-electron chi connectivity index (χ0n) is 11.1. The van der Waals surface area contributed by atoms with Crippen LogP contribution in [0, 0.1) is 0 Å². The molecule has 6 nitrogen and oxygen atoms in total. The molecule has 0 aliphatic carbocycles. The molecule has 3 aromatic rings. The maximum Gasteiger partial charge on any atom is 0.249 e. The molecule has 0 saturated heterocycles. The van der Waals surface area contributed by atoms with Crippen LogP contribution in [0.25, 0.3) is 5.69 Å². The predicted octanol–water partition coefficient (Wildman–Crippen LogP) is 2.04. The van der Waals surface area contributed by atoms with Crippen LogP contribution < -0.4 is 11.1 Å². The molecule has 3 rings (SSSR count). The van der Waals surface area contributed by atoms with Crippen LogP contribution in [0.4, 0.5) is 5.69 Å². The number of anilines is 1. The van der Waals surface area contributed by atoms with Crippen LogP contribution in [0.5, 0.6) is 0 Å². The maximum absolute atomic E-state index is 11.1. The molecule has 0 fully saturated rings. The van der Waals surface area contributed by atoms with Crippen molar-refractivity contribution in [2.75, 3.05) is 5.32 Å². The van der Waals surface area contributed by atoms with Gasteiger partial charge in [0.25, 0.3) is 0 Å². The van der Waals surface area contributed by atoms with Crippen molar-refractivity contribution in [3.05, 3.63) is 58.8 Å². The molecule has 1 aromatic carbocycles. The first-order valence-electron chi connectivity index (χ1n) is 6.29. The first-order chi connectivity index (χ1) is 10.2. The summed E-state index contributed by atoms with van der Waals surface area (Å²) in [4.78, 5) is 16.1. The van der Waals surface area contributed by atoms with E-state index >= 15 is 0 Å². The van der Waals surface area contributed by atoms with Crippen molar-refractivity contribution in [3.8, 4) is 5.69 Å². The van der Waals surface area contributed by atoms with Crippen LogP contribution in [0.1, 0.15) is 15.2 Å². The zero-order chi connectivity index (χ0) is 14.7. The predicted molar refractivity (Wildman–Crippen MR) is 81.5 cm³/mol. The number of thiophene rings is 1. The highest BCUT2D eigenvalue weighted by atomic mass is 32.1. The topological polar surface area (TPSA) is 85.8 Å².